The van der Waals surface area contributed by atoms with E-state index >= 15 is 0 Å². The lowest BCUT2D eigenvalue weighted by molar-refractivity contribution is -0.148. The van der Waals surface area contributed by atoms with Crippen LogP contribution in [0.4, 0.5) is 4.39 Å². The van der Waals surface area contributed by atoms with Crippen molar-refractivity contribution >= 4 is 11.8 Å². The van der Waals surface area contributed by atoms with Crippen LogP contribution in [-0.2, 0) is 29.1 Å². The molecule has 1 unspecified atom stereocenters. The topological polar surface area (TPSA) is 58.4 Å². The molecule has 1 saturated heterocycles. The number of aromatic nitrogens is 2. The molecule has 26 heavy (non-hydrogen) atoms. The molecule has 0 saturated carbocycles. The van der Waals surface area contributed by atoms with Crippen LogP contribution in [0.5, 0.6) is 0 Å². The molecule has 0 bridgehead atoms. The lowest BCUT2D eigenvalue weighted by Crippen LogP contribution is -2.53. The number of piperazine rings is 1. The maximum absolute atomic E-state index is 13.3. The van der Waals surface area contributed by atoms with Crippen LogP contribution >= 0.6 is 0 Å². The number of halogens is 1. The summed E-state index contributed by atoms with van der Waals surface area (Å²) in [6, 6.07) is 6.27. The first-order valence-electron chi connectivity index (χ1n) is 8.91. The number of nitrogens with zero attached hydrogens (tertiary/aromatic N) is 4. The van der Waals surface area contributed by atoms with Crippen LogP contribution in [0.2, 0.25) is 0 Å². The third-order valence-electron chi connectivity index (χ3n) is 5.19. The first-order chi connectivity index (χ1) is 12.6. The number of aryl methyl sites for hydroxylation is 1. The van der Waals surface area contributed by atoms with Crippen LogP contribution in [0.1, 0.15) is 17.8 Å². The van der Waals surface area contributed by atoms with Gasteiger partial charge in [-0.15, -0.1) is 0 Å². The van der Waals surface area contributed by atoms with E-state index in [1.807, 2.05) is 6.20 Å². The van der Waals surface area contributed by atoms with Crippen molar-refractivity contribution < 1.29 is 14.0 Å². The van der Waals surface area contributed by atoms with Gasteiger partial charge in [0.05, 0.1) is 6.54 Å². The van der Waals surface area contributed by atoms with Crippen LogP contribution in [-0.4, -0.2) is 50.8 Å². The van der Waals surface area contributed by atoms with E-state index < -0.39 is 0 Å². The zero-order valence-electron chi connectivity index (χ0n) is 14.5. The molecular formula is C19H21FN4O2. The van der Waals surface area contributed by atoms with Gasteiger partial charge in [-0.1, -0.05) is 12.1 Å². The van der Waals surface area contributed by atoms with Gasteiger partial charge in [0.2, 0.25) is 11.8 Å². The number of hydrogen-bond donors (Lipinski definition) is 0. The number of imidazole rings is 1. The van der Waals surface area contributed by atoms with Crippen LogP contribution in [0.15, 0.2) is 36.7 Å². The highest BCUT2D eigenvalue weighted by molar-refractivity contribution is 5.87. The average molecular weight is 356 g/mol. The molecule has 0 spiro atoms. The molecule has 0 N–H and O–H groups in total. The molecular weight excluding hydrogens is 335 g/mol. The number of carbonyl (C=O) groups excluding carboxylic acids is 2. The lowest BCUT2D eigenvalue weighted by Gasteiger charge is -2.36. The number of fused-ring (bicyclic) bond motifs is 1. The maximum Gasteiger partial charge on any atom is 0.242 e. The van der Waals surface area contributed by atoms with E-state index in [1.165, 1.54) is 12.1 Å². The molecule has 2 aliphatic heterocycles. The zero-order chi connectivity index (χ0) is 18.1. The minimum absolute atomic E-state index is 0.0398. The lowest BCUT2D eigenvalue weighted by atomic mass is 9.96. The first kappa shape index (κ1) is 16.8. The van der Waals surface area contributed by atoms with Gasteiger partial charge in [-0.25, -0.2) is 9.37 Å². The summed E-state index contributed by atoms with van der Waals surface area (Å²) in [5.74, 6) is 0.474. The maximum atomic E-state index is 13.3. The van der Waals surface area contributed by atoms with E-state index in [4.69, 9.17) is 0 Å². The van der Waals surface area contributed by atoms with Gasteiger partial charge in [0.15, 0.2) is 0 Å². The molecule has 4 rings (SSSR count). The molecule has 1 fully saturated rings. The normalized spacial score (nSPS) is 20.2. The monoisotopic (exact) mass is 356 g/mol. The molecule has 0 radical (unpaired) electrons. The summed E-state index contributed by atoms with van der Waals surface area (Å²) in [6.07, 6.45) is 5.10. The third kappa shape index (κ3) is 3.34. The largest absolute Gasteiger partial charge is 0.335 e. The van der Waals surface area contributed by atoms with Gasteiger partial charge < -0.3 is 14.4 Å². The van der Waals surface area contributed by atoms with Gasteiger partial charge in [-0.2, -0.15) is 0 Å². The summed E-state index contributed by atoms with van der Waals surface area (Å²) >= 11 is 0. The number of carbonyl (C=O) groups is 2. The van der Waals surface area contributed by atoms with Crippen LogP contribution in [0.3, 0.4) is 0 Å². The number of hydrogen-bond acceptors (Lipinski definition) is 3. The highest BCUT2D eigenvalue weighted by atomic mass is 19.1. The van der Waals surface area contributed by atoms with Crippen LogP contribution in [0, 0.1) is 11.7 Å². The minimum Gasteiger partial charge on any atom is -0.335 e. The Morgan fingerprint density at radius 2 is 2.15 bits per heavy atom. The Labute approximate surface area is 151 Å². The minimum atomic E-state index is -0.306. The first-order valence-corrected chi connectivity index (χ1v) is 8.91. The summed E-state index contributed by atoms with van der Waals surface area (Å²) in [7, 11) is 0. The van der Waals surface area contributed by atoms with Crippen molar-refractivity contribution in [3.05, 3.63) is 53.9 Å². The molecule has 1 aromatic carbocycles. The number of benzene rings is 1. The Hall–Kier alpha value is -2.70. The molecule has 3 heterocycles. The fourth-order valence-corrected chi connectivity index (χ4v) is 3.74. The molecule has 0 aliphatic carbocycles. The molecule has 1 atom stereocenters. The van der Waals surface area contributed by atoms with Gasteiger partial charge in [0, 0.05) is 50.9 Å². The Balaban J connectivity index is 1.36. The van der Waals surface area contributed by atoms with Crippen molar-refractivity contribution in [2.45, 2.75) is 25.9 Å². The van der Waals surface area contributed by atoms with E-state index in [0.29, 0.717) is 26.1 Å². The molecule has 2 aromatic rings. The fourth-order valence-electron chi connectivity index (χ4n) is 3.74. The number of rotatable bonds is 3. The van der Waals surface area contributed by atoms with Crippen molar-refractivity contribution in [2.24, 2.45) is 5.92 Å². The summed E-state index contributed by atoms with van der Waals surface area (Å²) in [5.41, 5.74) is 0.761. The quantitative estimate of drug-likeness (QED) is 0.837. The van der Waals surface area contributed by atoms with Crippen molar-refractivity contribution in [1.29, 1.82) is 0 Å². The van der Waals surface area contributed by atoms with E-state index in [0.717, 1.165) is 24.4 Å². The second-order valence-corrected chi connectivity index (χ2v) is 6.93. The van der Waals surface area contributed by atoms with E-state index in [2.05, 4.69) is 9.55 Å². The highest BCUT2D eigenvalue weighted by Crippen LogP contribution is 2.22. The molecule has 2 aliphatic rings. The standard InChI is InChI=1S/C19H21FN4O2/c20-16-3-1-2-14(10-16)12-23-8-9-24(13-18(23)25)19(26)15-4-6-22-7-5-21-17(22)11-15/h1-3,5,7,10,15H,4,6,8-9,11-13H2. The van der Waals surface area contributed by atoms with Crippen molar-refractivity contribution in [3.8, 4) is 0 Å². The Morgan fingerprint density at radius 1 is 1.27 bits per heavy atom. The Bertz CT molecular complexity index is 834. The number of amides is 2. The Kier molecular flexibility index (Phi) is 4.44. The van der Waals surface area contributed by atoms with Gasteiger partial charge in [0.25, 0.3) is 0 Å². The molecule has 136 valence electrons. The second kappa shape index (κ2) is 6.90. The third-order valence-corrected chi connectivity index (χ3v) is 5.19. The highest BCUT2D eigenvalue weighted by Gasteiger charge is 2.33. The van der Waals surface area contributed by atoms with Crippen molar-refractivity contribution in [3.63, 3.8) is 0 Å². The van der Waals surface area contributed by atoms with Crippen molar-refractivity contribution in [2.75, 3.05) is 19.6 Å². The van der Waals surface area contributed by atoms with E-state index in [1.54, 1.807) is 28.1 Å². The predicted octanol–water partition coefficient (Wildman–Crippen LogP) is 1.46. The van der Waals surface area contributed by atoms with Crippen LogP contribution in [0.25, 0.3) is 0 Å². The van der Waals surface area contributed by atoms with Gasteiger partial charge in [-0.05, 0) is 24.1 Å². The van der Waals surface area contributed by atoms with Gasteiger partial charge in [-0.3, -0.25) is 9.59 Å². The summed E-state index contributed by atoms with van der Waals surface area (Å²) in [4.78, 5) is 32.9. The second-order valence-electron chi connectivity index (χ2n) is 6.93. The summed E-state index contributed by atoms with van der Waals surface area (Å²) in [6.45, 7) is 2.26. The van der Waals surface area contributed by atoms with Crippen LogP contribution < -0.4 is 0 Å². The zero-order valence-corrected chi connectivity index (χ0v) is 14.5. The van der Waals surface area contributed by atoms with E-state index in [-0.39, 0.29) is 30.1 Å². The predicted molar refractivity (Wildman–Crippen MR) is 92.4 cm³/mol. The molecule has 2 amide bonds. The average Bonchev–Trinajstić information content (AvgIpc) is 3.10. The molecule has 6 nitrogen and oxygen atoms in total. The van der Waals surface area contributed by atoms with Crippen molar-refractivity contribution in [1.82, 2.24) is 19.4 Å². The SMILES string of the molecule is O=C1CN(C(=O)C2CCn3ccnc3C2)CCN1Cc1cccc(F)c1. The summed E-state index contributed by atoms with van der Waals surface area (Å²) in [5, 5.41) is 0. The van der Waals surface area contributed by atoms with Gasteiger partial charge >= 0.3 is 0 Å². The Morgan fingerprint density at radius 3 is 2.96 bits per heavy atom. The molecule has 1 aromatic heterocycles. The summed E-state index contributed by atoms with van der Waals surface area (Å²) < 4.78 is 15.4. The fraction of sp³-hybridized carbons (Fsp3) is 0.421. The van der Waals surface area contributed by atoms with E-state index in [9.17, 15) is 14.0 Å². The molecule has 7 heteroatoms. The smallest absolute Gasteiger partial charge is 0.242 e. The van der Waals surface area contributed by atoms with Gasteiger partial charge in [0.1, 0.15) is 11.6 Å².